The van der Waals surface area contributed by atoms with Gasteiger partial charge in [0, 0.05) is 22.3 Å². The summed E-state index contributed by atoms with van der Waals surface area (Å²) in [5.41, 5.74) is 6.52. The van der Waals surface area contributed by atoms with Crippen molar-refractivity contribution in [3.8, 4) is 5.88 Å². The Morgan fingerprint density at radius 3 is 2.87 bits per heavy atom. The van der Waals surface area contributed by atoms with E-state index < -0.39 is 0 Å². The van der Waals surface area contributed by atoms with E-state index >= 15 is 0 Å². The summed E-state index contributed by atoms with van der Waals surface area (Å²) < 4.78 is 5.95. The maximum Gasteiger partial charge on any atom is 0.216 e. The predicted octanol–water partition coefficient (Wildman–Crippen LogP) is 1.14. The molecule has 0 saturated carbocycles. The summed E-state index contributed by atoms with van der Waals surface area (Å²) in [5, 5.41) is 8.83. The van der Waals surface area contributed by atoms with Gasteiger partial charge in [-0.25, -0.2) is 4.98 Å². The van der Waals surface area contributed by atoms with E-state index in [0.717, 1.165) is 10.0 Å². The lowest BCUT2D eigenvalue weighted by molar-refractivity contribution is 0.264. The first kappa shape index (κ1) is 14.6. The van der Waals surface area contributed by atoms with Gasteiger partial charge in [-0.2, -0.15) is 0 Å². The highest BCUT2D eigenvalue weighted by atomic mass is 79.9. The first-order valence-corrected chi connectivity index (χ1v) is 5.01. The highest BCUT2D eigenvalue weighted by Crippen LogP contribution is 2.20. The number of halogens is 2. The standard InChI is InChI=1S/C9H13BrN2O2.ClH/c1-14-9-6(3-8(11)5-13)2-7(10)4-12-9;/h2,4,8,13H,3,5,11H2,1H3;1H. The Morgan fingerprint density at radius 1 is 1.67 bits per heavy atom. The molecule has 1 aromatic heterocycles. The van der Waals surface area contributed by atoms with Crippen LogP contribution >= 0.6 is 28.3 Å². The summed E-state index contributed by atoms with van der Waals surface area (Å²) >= 11 is 3.32. The molecule has 0 fully saturated rings. The average Bonchev–Trinajstić information content (AvgIpc) is 2.18. The Balaban J connectivity index is 0.00000196. The van der Waals surface area contributed by atoms with Gasteiger partial charge in [-0.15, -0.1) is 12.4 Å². The molecule has 1 rings (SSSR count). The molecule has 3 N–H and O–H groups in total. The van der Waals surface area contributed by atoms with Crippen LogP contribution in [0.25, 0.3) is 0 Å². The number of aliphatic hydroxyl groups excluding tert-OH is 1. The number of rotatable bonds is 4. The second kappa shape index (κ2) is 7.00. The number of nitrogens with two attached hydrogens (primary N) is 1. The Kier molecular flexibility index (Phi) is 6.84. The molecule has 0 aliphatic heterocycles. The van der Waals surface area contributed by atoms with E-state index in [9.17, 15) is 0 Å². The van der Waals surface area contributed by atoms with E-state index in [0.29, 0.717) is 12.3 Å². The third-order valence-electron chi connectivity index (χ3n) is 1.80. The van der Waals surface area contributed by atoms with Crippen molar-refractivity contribution >= 4 is 28.3 Å². The van der Waals surface area contributed by atoms with E-state index in [-0.39, 0.29) is 25.1 Å². The first-order valence-electron chi connectivity index (χ1n) is 4.22. The zero-order chi connectivity index (χ0) is 10.6. The van der Waals surface area contributed by atoms with Gasteiger partial charge in [-0.05, 0) is 28.4 Å². The highest BCUT2D eigenvalue weighted by molar-refractivity contribution is 9.10. The summed E-state index contributed by atoms with van der Waals surface area (Å²) in [5.74, 6) is 0.553. The van der Waals surface area contributed by atoms with Crippen molar-refractivity contribution in [3.63, 3.8) is 0 Å². The van der Waals surface area contributed by atoms with Crippen LogP contribution in [-0.4, -0.2) is 29.8 Å². The number of aliphatic hydroxyl groups is 1. The topological polar surface area (TPSA) is 68.4 Å². The summed E-state index contributed by atoms with van der Waals surface area (Å²) in [7, 11) is 1.56. The lowest BCUT2D eigenvalue weighted by atomic mass is 10.1. The van der Waals surface area contributed by atoms with Crippen LogP contribution < -0.4 is 10.5 Å². The summed E-state index contributed by atoms with van der Waals surface area (Å²) in [6.07, 6.45) is 2.21. The zero-order valence-corrected chi connectivity index (χ0v) is 10.7. The second-order valence-electron chi connectivity index (χ2n) is 2.97. The van der Waals surface area contributed by atoms with Gasteiger partial charge >= 0.3 is 0 Å². The van der Waals surface area contributed by atoms with Gasteiger partial charge in [0.15, 0.2) is 0 Å². The summed E-state index contributed by atoms with van der Waals surface area (Å²) in [6.45, 7) is -0.0460. The van der Waals surface area contributed by atoms with Crippen LogP contribution in [0.4, 0.5) is 0 Å². The maximum absolute atomic E-state index is 8.83. The lowest BCUT2D eigenvalue weighted by Gasteiger charge is -2.11. The second-order valence-corrected chi connectivity index (χ2v) is 3.88. The summed E-state index contributed by atoms with van der Waals surface area (Å²) in [6, 6.07) is 1.61. The normalized spacial score (nSPS) is 11.7. The van der Waals surface area contributed by atoms with Crippen LogP contribution in [0.15, 0.2) is 16.7 Å². The zero-order valence-electron chi connectivity index (χ0n) is 8.31. The molecule has 4 nitrogen and oxygen atoms in total. The van der Waals surface area contributed by atoms with Crippen molar-refractivity contribution in [3.05, 3.63) is 22.3 Å². The number of ether oxygens (including phenoxy) is 1. The molecule has 0 aromatic carbocycles. The number of hydrogen-bond donors (Lipinski definition) is 2. The Bertz CT molecular complexity index is 312. The van der Waals surface area contributed by atoms with Gasteiger partial charge in [0.1, 0.15) is 0 Å². The minimum atomic E-state index is -0.278. The largest absolute Gasteiger partial charge is 0.481 e. The first-order chi connectivity index (χ1) is 6.67. The molecule has 0 aliphatic rings. The minimum absolute atomic E-state index is 0. The number of pyridine rings is 1. The fourth-order valence-electron chi connectivity index (χ4n) is 1.15. The third kappa shape index (κ3) is 4.34. The molecule has 15 heavy (non-hydrogen) atoms. The molecule has 0 aliphatic carbocycles. The van der Waals surface area contributed by atoms with Crippen LogP contribution in [0.3, 0.4) is 0 Å². The van der Waals surface area contributed by atoms with Crippen molar-refractivity contribution in [2.24, 2.45) is 5.73 Å². The van der Waals surface area contributed by atoms with E-state index in [1.807, 2.05) is 6.07 Å². The minimum Gasteiger partial charge on any atom is -0.481 e. The fourth-order valence-corrected chi connectivity index (χ4v) is 1.52. The van der Waals surface area contributed by atoms with E-state index in [1.165, 1.54) is 0 Å². The number of methoxy groups -OCH3 is 1. The van der Waals surface area contributed by atoms with Crippen molar-refractivity contribution in [1.82, 2.24) is 4.98 Å². The van der Waals surface area contributed by atoms with Crippen LogP contribution in [0.1, 0.15) is 5.56 Å². The molecular formula is C9H14BrClN2O2. The average molecular weight is 298 g/mol. The van der Waals surface area contributed by atoms with E-state index in [4.69, 9.17) is 15.6 Å². The SMILES string of the molecule is COc1ncc(Br)cc1CC(N)CO.Cl. The van der Waals surface area contributed by atoms with Crippen molar-refractivity contribution in [1.29, 1.82) is 0 Å². The smallest absolute Gasteiger partial charge is 0.216 e. The van der Waals surface area contributed by atoms with Crippen molar-refractivity contribution < 1.29 is 9.84 Å². The predicted molar refractivity (Wildman–Crippen MR) is 64.5 cm³/mol. The van der Waals surface area contributed by atoms with Gasteiger partial charge in [0.25, 0.3) is 0 Å². The number of nitrogens with zero attached hydrogens (tertiary/aromatic N) is 1. The molecule has 0 spiro atoms. The molecule has 1 atom stereocenters. The Hall–Kier alpha value is -0.360. The molecule has 0 bridgehead atoms. The van der Waals surface area contributed by atoms with Gasteiger partial charge in [-0.1, -0.05) is 0 Å². The molecule has 1 unspecified atom stereocenters. The fraction of sp³-hybridized carbons (Fsp3) is 0.444. The third-order valence-corrected chi connectivity index (χ3v) is 2.24. The molecule has 1 heterocycles. The monoisotopic (exact) mass is 296 g/mol. The molecule has 0 radical (unpaired) electrons. The molecule has 86 valence electrons. The maximum atomic E-state index is 8.83. The molecule has 0 saturated heterocycles. The molecule has 1 aromatic rings. The van der Waals surface area contributed by atoms with Crippen LogP contribution in [-0.2, 0) is 6.42 Å². The van der Waals surface area contributed by atoms with Crippen molar-refractivity contribution in [2.75, 3.05) is 13.7 Å². The van der Waals surface area contributed by atoms with E-state index in [1.54, 1.807) is 13.3 Å². The highest BCUT2D eigenvalue weighted by Gasteiger charge is 2.09. The van der Waals surface area contributed by atoms with Gasteiger partial charge < -0.3 is 15.6 Å². The van der Waals surface area contributed by atoms with Crippen LogP contribution in [0.5, 0.6) is 5.88 Å². The van der Waals surface area contributed by atoms with Crippen molar-refractivity contribution in [2.45, 2.75) is 12.5 Å². The van der Waals surface area contributed by atoms with Crippen LogP contribution in [0, 0.1) is 0 Å². The van der Waals surface area contributed by atoms with Gasteiger partial charge in [-0.3, -0.25) is 0 Å². The summed E-state index contributed by atoms with van der Waals surface area (Å²) in [4.78, 5) is 4.08. The van der Waals surface area contributed by atoms with Crippen LogP contribution in [0.2, 0.25) is 0 Å². The number of aromatic nitrogens is 1. The Morgan fingerprint density at radius 2 is 2.33 bits per heavy atom. The van der Waals surface area contributed by atoms with Gasteiger partial charge in [0.05, 0.1) is 13.7 Å². The Labute approximate surface area is 103 Å². The van der Waals surface area contributed by atoms with Gasteiger partial charge in [0.2, 0.25) is 5.88 Å². The molecule has 6 heteroatoms. The lowest BCUT2D eigenvalue weighted by Crippen LogP contribution is -2.27. The molecule has 0 amide bonds. The quantitative estimate of drug-likeness (QED) is 0.874. The van der Waals surface area contributed by atoms with E-state index in [2.05, 4.69) is 20.9 Å². The molecular weight excluding hydrogens is 283 g/mol. The number of hydrogen-bond acceptors (Lipinski definition) is 4.